The first-order valence-electron chi connectivity index (χ1n) is 16.2. The van der Waals surface area contributed by atoms with Crippen molar-refractivity contribution in [1.82, 2.24) is 0 Å². The lowest BCUT2D eigenvalue weighted by Gasteiger charge is -2.40. The summed E-state index contributed by atoms with van der Waals surface area (Å²) in [6.07, 6.45) is 0. The van der Waals surface area contributed by atoms with Gasteiger partial charge in [-0.25, -0.2) is 0 Å². The number of para-hydroxylation sites is 2. The first kappa shape index (κ1) is 26.1. The predicted molar refractivity (Wildman–Crippen MR) is 194 cm³/mol. The van der Waals surface area contributed by atoms with Crippen LogP contribution in [0.25, 0.3) is 32.7 Å². The van der Waals surface area contributed by atoms with Gasteiger partial charge in [-0.3, -0.25) is 0 Å². The first-order valence-corrected chi connectivity index (χ1v) is 16.2. The van der Waals surface area contributed by atoms with E-state index in [1.54, 1.807) is 0 Å². The van der Waals surface area contributed by atoms with Crippen molar-refractivity contribution in [2.24, 2.45) is 0 Å². The third kappa shape index (κ3) is 3.55. The molecule has 47 heavy (non-hydrogen) atoms. The Morgan fingerprint density at radius 3 is 1.89 bits per heavy atom. The summed E-state index contributed by atoms with van der Waals surface area (Å²) in [5, 5.41) is 4.73. The maximum Gasteiger partial charge on any atom is 0.140 e. The van der Waals surface area contributed by atoms with Crippen molar-refractivity contribution in [3.05, 3.63) is 198 Å². The van der Waals surface area contributed by atoms with Crippen LogP contribution in [0.15, 0.2) is 176 Å². The van der Waals surface area contributed by atoms with Crippen molar-refractivity contribution in [2.45, 2.75) is 5.41 Å². The zero-order valence-corrected chi connectivity index (χ0v) is 25.6. The molecule has 1 aliphatic carbocycles. The summed E-state index contributed by atoms with van der Waals surface area (Å²) in [4.78, 5) is 2.45. The van der Waals surface area contributed by atoms with Crippen LogP contribution in [0.3, 0.4) is 0 Å². The zero-order valence-electron chi connectivity index (χ0n) is 25.6. The topological polar surface area (TPSA) is 12.5 Å². The molecule has 8 aromatic rings. The molecule has 1 aliphatic heterocycles. The molecule has 0 amide bonds. The molecule has 0 saturated carbocycles. The van der Waals surface area contributed by atoms with Crippen LogP contribution in [0.4, 0.5) is 17.1 Å². The number of ether oxygens (including phenoxy) is 1. The molecule has 0 bridgehead atoms. The van der Waals surface area contributed by atoms with E-state index < -0.39 is 5.41 Å². The molecule has 0 radical (unpaired) electrons. The van der Waals surface area contributed by atoms with Crippen LogP contribution >= 0.6 is 0 Å². The molecule has 0 fully saturated rings. The maximum atomic E-state index is 6.86. The highest BCUT2D eigenvalue weighted by Gasteiger charge is 2.52. The molecule has 0 aromatic heterocycles. The lowest BCUT2D eigenvalue weighted by atomic mass is 9.65. The van der Waals surface area contributed by atoms with Crippen LogP contribution < -0.4 is 9.64 Å². The second-order valence-corrected chi connectivity index (χ2v) is 12.4. The number of hydrogen-bond acceptors (Lipinski definition) is 2. The molecule has 220 valence electrons. The van der Waals surface area contributed by atoms with Crippen LogP contribution in [-0.4, -0.2) is 0 Å². The average molecular weight is 600 g/mol. The minimum absolute atomic E-state index is 0.558. The van der Waals surface area contributed by atoms with Gasteiger partial charge in [0.05, 0.1) is 16.8 Å². The Kier molecular flexibility index (Phi) is 5.53. The standard InChI is InChI=1S/C45H29NO/c1-2-17-32(18-3-1)46(40-25-12-16-30-14-4-6-19-33(30)40)41-26-13-24-38-43(41)35-21-8-9-22-36(35)45(38)37-23-10-11-27-42(37)47-44-34-20-7-5-15-31(34)28-29-39(44)45/h1-29H. The molecule has 2 heteroatoms. The number of benzene rings is 8. The third-order valence-electron chi connectivity index (χ3n) is 10.1. The second kappa shape index (κ2) is 9.94. The summed E-state index contributed by atoms with van der Waals surface area (Å²) in [6, 6.07) is 63.6. The number of anilines is 3. The Morgan fingerprint density at radius 1 is 0.404 bits per heavy atom. The molecular formula is C45H29NO. The van der Waals surface area contributed by atoms with Gasteiger partial charge >= 0.3 is 0 Å². The van der Waals surface area contributed by atoms with Gasteiger partial charge in [0.15, 0.2) is 0 Å². The Balaban J connectivity index is 1.35. The minimum Gasteiger partial charge on any atom is -0.456 e. The molecule has 1 unspecified atom stereocenters. The third-order valence-corrected chi connectivity index (χ3v) is 10.1. The van der Waals surface area contributed by atoms with E-state index in [0.717, 1.165) is 33.9 Å². The number of nitrogens with zero attached hydrogens (tertiary/aromatic N) is 1. The molecule has 1 atom stereocenters. The van der Waals surface area contributed by atoms with Gasteiger partial charge in [0.1, 0.15) is 11.5 Å². The van der Waals surface area contributed by atoms with Crippen molar-refractivity contribution in [1.29, 1.82) is 0 Å². The average Bonchev–Trinajstić information content (AvgIpc) is 3.44. The Hall–Kier alpha value is -6.12. The highest BCUT2D eigenvalue weighted by Crippen LogP contribution is 2.64. The van der Waals surface area contributed by atoms with Gasteiger partial charge in [-0.05, 0) is 57.8 Å². The zero-order chi connectivity index (χ0) is 31.0. The van der Waals surface area contributed by atoms with Crippen molar-refractivity contribution in [3.8, 4) is 22.6 Å². The van der Waals surface area contributed by atoms with Crippen LogP contribution in [0.2, 0.25) is 0 Å². The van der Waals surface area contributed by atoms with E-state index in [9.17, 15) is 0 Å². The van der Waals surface area contributed by atoms with E-state index in [1.165, 1.54) is 49.5 Å². The molecule has 8 aromatic carbocycles. The number of fused-ring (bicyclic) bond motifs is 12. The molecule has 0 N–H and O–H groups in total. The lowest BCUT2D eigenvalue weighted by molar-refractivity contribution is 0.441. The highest BCUT2D eigenvalue weighted by molar-refractivity contribution is 6.04. The molecule has 1 heterocycles. The van der Waals surface area contributed by atoms with E-state index in [2.05, 4.69) is 181 Å². The fraction of sp³-hybridized carbons (Fsp3) is 0.0222. The Bertz CT molecular complexity index is 2510. The summed E-state index contributed by atoms with van der Waals surface area (Å²) in [7, 11) is 0. The van der Waals surface area contributed by atoms with Gasteiger partial charge in [0.25, 0.3) is 0 Å². The smallest absolute Gasteiger partial charge is 0.140 e. The molecule has 0 saturated heterocycles. The van der Waals surface area contributed by atoms with Gasteiger partial charge in [-0.2, -0.15) is 0 Å². The SMILES string of the molecule is c1ccc(N(c2cccc3c2-c2ccccc2C32c3ccccc3Oc3c2ccc2ccccc32)c2cccc3ccccc23)cc1. The van der Waals surface area contributed by atoms with E-state index in [0.29, 0.717) is 0 Å². The summed E-state index contributed by atoms with van der Waals surface area (Å²) in [5.41, 5.74) is 10.3. The van der Waals surface area contributed by atoms with E-state index in [4.69, 9.17) is 4.74 Å². The lowest BCUT2D eigenvalue weighted by Crippen LogP contribution is -2.32. The summed E-state index contributed by atoms with van der Waals surface area (Å²) in [5.74, 6) is 1.84. The number of hydrogen-bond donors (Lipinski definition) is 0. The summed E-state index contributed by atoms with van der Waals surface area (Å²) in [6.45, 7) is 0. The molecule has 2 nitrogen and oxygen atoms in total. The Labute approximate surface area is 273 Å². The van der Waals surface area contributed by atoms with Gasteiger partial charge in [0.2, 0.25) is 0 Å². The molecular weight excluding hydrogens is 571 g/mol. The van der Waals surface area contributed by atoms with Gasteiger partial charge < -0.3 is 9.64 Å². The van der Waals surface area contributed by atoms with Crippen molar-refractivity contribution in [3.63, 3.8) is 0 Å². The largest absolute Gasteiger partial charge is 0.456 e. The second-order valence-electron chi connectivity index (χ2n) is 12.4. The maximum absolute atomic E-state index is 6.86. The molecule has 2 aliphatic rings. The number of rotatable bonds is 3. The highest BCUT2D eigenvalue weighted by atomic mass is 16.5. The quantitative estimate of drug-likeness (QED) is 0.200. The van der Waals surface area contributed by atoms with E-state index in [-0.39, 0.29) is 0 Å². The normalized spacial score (nSPS) is 15.5. The Morgan fingerprint density at radius 2 is 1.02 bits per heavy atom. The molecule has 10 rings (SSSR count). The van der Waals surface area contributed by atoms with E-state index in [1.807, 2.05) is 0 Å². The van der Waals surface area contributed by atoms with Crippen LogP contribution in [0.1, 0.15) is 22.3 Å². The van der Waals surface area contributed by atoms with Crippen LogP contribution in [-0.2, 0) is 5.41 Å². The minimum atomic E-state index is -0.558. The van der Waals surface area contributed by atoms with E-state index >= 15 is 0 Å². The fourth-order valence-corrected chi connectivity index (χ4v) is 8.23. The monoisotopic (exact) mass is 599 g/mol. The summed E-state index contributed by atoms with van der Waals surface area (Å²) >= 11 is 0. The predicted octanol–water partition coefficient (Wildman–Crippen LogP) is 11.9. The van der Waals surface area contributed by atoms with Crippen molar-refractivity contribution >= 4 is 38.6 Å². The van der Waals surface area contributed by atoms with Gasteiger partial charge in [0, 0.05) is 33.2 Å². The van der Waals surface area contributed by atoms with Gasteiger partial charge in [-0.15, -0.1) is 0 Å². The molecule has 1 spiro atoms. The van der Waals surface area contributed by atoms with Crippen LogP contribution in [0, 0.1) is 0 Å². The van der Waals surface area contributed by atoms with Crippen molar-refractivity contribution < 1.29 is 4.74 Å². The van der Waals surface area contributed by atoms with Crippen LogP contribution in [0.5, 0.6) is 11.5 Å². The first-order chi connectivity index (χ1) is 23.3. The fourth-order valence-electron chi connectivity index (χ4n) is 8.23. The van der Waals surface area contributed by atoms with Gasteiger partial charge in [-0.1, -0.05) is 146 Å². The summed E-state index contributed by atoms with van der Waals surface area (Å²) < 4.78 is 6.86. The van der Waals surface area contributed by atoms with Crippen molar-refractivity contribution in [2.75, 3.05) is 4.90 Å².